The van der Waals surface area contributed by atoms with Crippen LogP contribution in [0.1, 0.15) is 132 Å². The molecule has 2 aromatic heterocycles. The number of carboxylic acids is 1. The zero-order chi connectivity index (χ0) is 37.6. The molecule has 0 saturated heterocycles. The van der Waals surface area contributed by atoms with Crippen LogP contribution in [0.15, 0.2) is 40.1 Å². The summed E-state index contributed by atoms with van der Waals surface area (Å²) in [6.45, 7) is 19.8. The summed E-state index contributed by atoms with van der Waals surface area (Å²) in [5, 5.41) is 18.5. The van der Waals surface area contributed by atoms with Gasteiger partial charge in [-0.05, 0) is 123 Å². The zero-order valence-electron chi connectivity index (χ0n) is 32.8. The van der Waals surface area contributed by atoms with Crippen LogP contribution in [-0.4, -0.2) is 44.1 Å². The fraction of sp³-hybridized carbons (Fsp3) is 0.721. The Morgan fingerprint density at radius 1 is 0.981 bits per heavy atom. The SMILES string of the molecule is CC(C)C1=C2[C@H]3CC[C@@H]4[C@@]5(C)CC[C@H](OC(=O)CC(C)(C)C(=O)O)C(C)(C)[C@@H]5CC[C@@]4(C)[C@]3(C)CC[C@@]2(Cc2nnc(-c3cccnc3)o2)CC1=O. The van der Waals surface area contributed by atoms with Crippen LogP contribution in [0, 0.1) is 56.2 Å². The van der Waals surface area contributed by atoms with E-state index in [1.807, 2.05) is 12.1 Å². The van der Waals surface area contributed by atoms with E-state index in [-0.39, 0.29) is 45.5 Å². The third-order valence-corrected chi connectivity index (χ3v) is 15.8. The number of carbonyl (C=O) groups excluding carboxylic acids is 2. The van der Waals surface area contributed by atoms with Crippen molar-refractivity contribution in [2.24, 2.45) is 56.2 Å². The topological polar surface area (TPSA) is 132 Å². The van der Waals surface area contributed by atoms with Crippen LogP contribution in [0.4, 0.5) is 0 Å². The van der Waals surface area contributed by atoms with Gasteiger partial charge in [0.25, 0.3) is 0 Å². The van der Waals surface area contributed by atoms with Gasteiger partial charge in [0.05, 0.1) is 17.4 Å². The molecule has 0 aliphatic heterocycles. The van der Waals surface area contributed by atoms with Gasteiger partial charge < -0.3 is 14.3 Å². The minimum absolute atomic E-state index is 0.0269. The number of fused-ring (bicyclic) bond motifs is 7. The zero-order valence-corrected chi connectivity index (χ0v) is 32.8. The Balaban J connectivity index is 1.18. The first-order valence-corrected chi connectivity index (χ1v) is 19.7. The van der Waals surface area contributed by atoms with Crippen LogP contribution in [0.3, 0.4) is 0 Å². The van der Waals surface area contributed by atoms with Crippen LogP contribution in [0.2, 0.25) is 0 Å². The molecule has 0 spiro atoms. The number of aliphatic carboxylic acids is 1. The Morgan fingerprint density at radius 3 is 2.40 bits per heavy atom. The molecule has 5 aliphatic rings. The summed E-state index contributed by atoms with van der Waals surface area (Å²) in [6.07, 6.45) is 12.3. The fourth-order valence-electron chi connectivity index (χ4n) is 13.0. The van der Waals surface area contributed by atoms with E-state index in [1.54, 1.807) is 26.2 Å². The Kier molecular flexibility index (Phi) is 8.77. The molecular formula is C43H59N3O6. The highest BCUT2D eigenvalue weighted by atomic mass is 16.5. The van der Waals surface area contributed by atoms with Crippen molar-refractivity contribution < 1.29 is 28.6 Å². The smallest absolute Gasteiger partial charge is 0.309 e. The van der Waals surface area contributed by atoms with Crippen LogP contribution < -0.4 is 0 Å². The van der Waals surface area contributed by atoms with E-state index in [1.165, 1.54) is 5.57 Å². The predicted octanol–water partition coefficient (Wildman–Crippen LogP) is 9.07. The lowest BCUT2D eigenvalue weighted by molar-refractivity contribution is -0.233. The number of rotatable bonds is 8. The third-order valence-electron chi connectivity index (χ3n) is 15.8. The summed E-state index contributed by atoms with van der Waals surface area (Å²) in [5.41, 5.74) is 1.74. The average molecular weight is 714 g/mol. The van der Waals surface area contributed by atoms with Crippen LogP contribution >= 0.6 is 0 Å². The number of esters is 1. The summed E-state index contributed by atoms with van der Waals surface area (Å²) in [7, 11) is 0. The van der Waals surface area contributed by atoms with Crippen LogP contribution in [-0.2, 0) is 25.5 Å². The van der Waals surface area contributed by atoms with Gasteiger partial charge in [-0.1, -0.05) is 54.0 Å². The van der Waals surface area contributed by atoms with Gasteiger partial charge in [-0.2, -0.15) is 0 Å². The quantitative estimate of drug-likeness (QED) is 0.266. The second-order valence-corrected chi connectivity index (χ2v) is 19.6. The number of carboxylic acid groups (broad SMARTS) is 1. The fourth-order valence-corrected chi connectivity index (χ4v) is 13.0. The molecule has 9 nitrogen and oxygen atoms in total. The normalized spacial score (nSPS) is 36.8. The summed E-state index contributed by atoms with van der Waals surface area (Å²) in [4.78, 5) is 43.1. The van der Waals surface area contributed by atoms with E-state index in [9.17, 15) is 19.5 Å². The van der Waals surface area contributed by atoms with Crippen molar-refractivity contribution in [1.82, 2.24) is 15.2 Å². The highest BCUT2D eigenvalue weighted by Crippen LogP contribution is 2.77. The van der Waals surface area contributed by atoms with E-state index in [0.29, 0.717) is 48.2 Å². The molecule has 1 N–H and O–H groups in total. The monoisotopic (exact) mass is 713 g/mol. The molecule has 2 aromatic rings. The number of hydrogen-bond acceptors (Lipinski definition) is 8. The summed E-state index contributed by atoms with van der Waals surface area (Å²) >= 11 is 0. The number of Topliss-reactive ketones (excluding diaryl/α,β-unsaturated/α-hetero) is 1. The largest absolute Gasteiger partial charge is 0.481 e. The van der Waals surface area contributed by atoms with Crippen molar-refractivity contribution in [3.8, 4) is 11.5 Å². The Morgan fingerprint density at radius 2 is 1.73 bits per heavy atom. The number of hydrogen-bond donors (Lipinski definition) is 1. The standard InChI is InChI=1S/C43H59N3O6/c1-25(2)34-28(47)21-43(22-32-45-46-36(52-32)26-11-10-20-44-24-26)19-18-41(8)27(35(34)43)12-13-30-40(7)16-15-31(51-33(48)23-38(3,4)37(49)50)39(5,6)29(40)14-17-42(30,41)9/h10-11,20,24-25,27,29-31H,12-19,21-23H2,1-9H3,(H,49,50)/t27-,29+,30-,31+,40+,41-,42-,43+/m1/s1. The van der Waals surface area contributed by atoms with Gasteiger partial charge in [-0.15, -0.1) is 10.2 Å². The maximum atomic E-state index is 14.1. The first-order chi connectivity index (χ1) is 24.3. The average Bonchev–Trinajstić information content (AvgIpc) is 3.64. The lowest BCUT2D eigenvalue weighted by atomic mass is 9.33. The molecule has 0 unspecified atom stereocenters. The first kappa shape index (κ1) is 37.0. The molecule has 0 bridgehead atoms. The highest BCUT2D eigenvalue weighted by Gasteiger charge is 2.70. The molecule has 8 atom stereocenters. The molecule has 4 saturated carbocycles. The summed E-state index contributed by atoms with van der Waals surface area (Å²) < 4.78 is 12.4. The molecule has 52 heavy (non-hydrogen) atoms. The summed E-state index contributed by atoms with van der Waals surface area (Å²) in [6, 6.07) is 3.79. The molecule has 7 rings (SSSR count). The molecule has 0 amide bonds. The summed E-state index contributed by atoms with van der Waals surface area (Å²) in [5.74, 6) is 1.31. The Labute approximate surface area is 309 Å². The molecule has 5 aliphatic carbocycles. The maximum Gasteiger partial charge on any atom is 0.309 e. The number of aromatic nitrogens is 3. The van der Waals surface area contributed by atoms with E-state index < -0.39 is 17.4 Å². The van der Waals surface area contributed by atoms with Gasteiger partial charge in [0.2, 0.25) is 11.8 Å². The number of nitrogens with zero attached hydrogens (tertiary/aromatic N) is 3. The first-order valence-electron chi connectivity index (χ1n) is 19.7. The van der Waals surface area contributed by atoms with Gasteiger partial charge in [0.15, 0.2) is 5.78 Å². The molecule has 0 aromatic carbocycles. The molecule has 2 heterocycles. The number of pyridine rings is 1. The lowest BCUT2D eigenvalue weighted by Gasteiger charge is -2.72. The van der Waals surface area contributed by atoms with E-state index in [0.717, 1.165) is 62.5 Å². The second-order valence-electron chi connectivity index (χ2n) is 19.6. The van der Waals surface area contributed by atoms with E-state index in [2.05, 4.69) is 63.6 Å². The molecule has 9 heteroatoms. The third kappa shape index (κ3) is 5.44. The van der Waals surface area contributed by atoms with Crippen molar-refractivity contribution in [2.45, 2.75) is 139 Å². The van der Waals surface area contributed by atoms with Crippen molar-refractivity contribution in [3.05, 3.63) is 41.6 Å². The Hall–Kier alpha value is -3.36. The van der Waals surface area contributed by atoms with E-state index in [4.69, 9.17) is 9.15 Å². The number of allylic oxidation sites excluding steroid dienone is 2. The predicted molar refractivity (Wildman–Crippen MR) is 197 cm³/mol. The van der Waals surface area contributed by atoms with Gasteiger partial charge in [0.1, 0.15) is 6.10 Å². The lowest BCUT2D eigenvalue weighted by Crippen LogP contribution is -2.65. The van der Waals surface area contributed by atoms with Gasteiger partial charge in [-0.25, -0.2) is 0 Å². The number of carbonyl (C=O) groups is 3. The van der Waals surface area contributed by atoms with Gasteiger partial charge >= 0.3 is 11.9 Å². The molecule has 282 valence electrons. The number of ether oxygens (including phenoxy) is 1. The Bertz CT molecular complexity index is 1790. The molecule has 4 fully saturated rings. The second kappa shape index (κ2) is 12.3. The van der Waals surface area contributed by atoms with Crippen molar-refractivity contribution in [1.29, 1.82) is 0 Å². The van der Waals surface area contributed by atoms with Crippen LogP contribution in [0.25, 0.3) is 11.5 Å². The molecular weight excluding hydrogens is 654 g/mol. The molecule has 0 radical (unpaired) electrons. The van der Waals surface area contributed by atoms with Crippen molar-refractivity contribution in [2.75, 3.05) is 0 Å². The van der Waals surface area contributed by atoms with Crippen molar-refractivity contribution in [3.63, 3.8) is 0 Å². The number of ketones is 1. The maximum absolute atomic E-state index is 14.1. The highest BCUT2D eigenvalue weighted by molar-refractivity contribution is 6.00. The minimum atomic E-state index is -1.16. The van der Waals surface area contributed by atoms with Crippen molar-refractivity contribution >= 4 is 17.7 Å². The van der Waals surface area contributed by atoms with Crippen LogP contribution in [0.5, 0.6) is 0 Å². The van der Waals surface area contributed by atoms with E-state index >= 15 is 0 Å². The van der Waals surface area contributed by atoms with Gasteiger partial charge in [-0.3, -0.25) is 19.4 Å². The van der Waals surface area contributed by atoms with Gasteiger partial charge in [0, 0.05) is 36.1 Å². The minimum Gasteiger partial charge on any atom is -0.481 e.